The Balaban J connectivity index is 1.20. The van der Waals surface area contributed by atoms with Crippen molar-refractivity contribution >= 4 is 6.03 Å². The zero-order valence-corrected chi connectivity index (χ0v) is 26.7. The smallest absolute Gasteiger partial charge is 0.338 e. The van der Waals surface area contributed by atoms with Gasteiger partial charge in [-0.25, -0.2) is 10.3 Å². The molecule has 1 aliphatic heterocycles. The van der Waals surface area contributed by atoms with E-state index in [-0.39, 0.29) is 25.9 Å². The van der Waals surface area contributed by atoms with Gasteiger partial charge in [0.05, 0.1) is 45.7 Å². The summed E-state index contributed by atoms with van der Waals surface area (Å²) in [5, 5.41) is 2.77. The van der Waals surface area contributed by atoms with Crippen LogP contribution in [0, 0.1) is 0 Å². The first-order valence-corrected chi connectivity index (χ1v) is 16.0. The topological polar surface area (TPSA) is 96.5 Å². The van der Waals surface area contributed by atoms with E-state index in [1.54, 1.807) is 0 Å². The van der Waals surface area contributed by atoms with Crippen LogP contribution >= 0.6 is 0 Å². The molecule has 4 aromatic rings. The van der Waals surface area contributed by atoms with Gasteiger partial charge in [0.1, 0.15) is 24.4 Å². The molecule has 0 aromatic heterocycles. The Morgan fingerprint density at radius 2 is 1.21 bits per heavy atom. The fraction of sp³-hybridized carbons (Fsp3) is 0.342. The van der Waals surface area contributed by atoms with Crippen molar-refractivity contribution in [3.05, 3.63) is 144 Å². The second kappa shape index (κ2) is 18.9. The van der Waals surface area contributed by atoms with Crippen molar-refractivity contribution in [1.29, 1.82) is 0 Å². The van der Waals surface area contributed by atoms with Gasteiger partial charge in [0.2, 0.25) is 0 Å². The number of ether oxygens (including phenoxy) is 5. The van der Waals surface area contributed by atoms with Gasteiger partial charge in [-0.2, -0.15) is 0 Å². The normalized spacial score (nSPS) is 19.7. The molecule has 2 N–H and O–H groups in total. The van der Waals surface area contributed by atoms with E-state index in [2.05, 4.69) is 10.8 Å². The van der Waals surface area contributed by atoms with E-state index in [0.717, 1.165) is 22.3 Å². The minimum atomic E-state index is -0.458. The van der Waals surface area contributed by atoms with E-state index in [4.69, 9.17) is 28.5 Å². The lowest BCUT2D eigenvalue weighted by Gasteiger charge is -2.29. The van der Waals surface area contributed by atoms with Crippen molar-refractivity contribution in [2.24, 2.45) is 0 Å². The predicted octanol–water partition coefficient (Wildman–Crippen LogP) is 5.98. The number of amides is 2. The number of hydrogen-bond acceptors (Lipinski definition) is 7. The van der Waals surface area contributed by atoms with E-state index in [0.29, 0.717) is 26.4 Å². The molecule has 5 rings (SSSR count). The number of nitrogens with one attached hydrogen (secondary N) is 2. The van der Waals surface area contributed by atoms with Gasteiger partial charge in [0.25, 0.3) is 0 Å². The van der Waals surface area contributed by atoms with Crippen LogP contribution in [-0.4, -0.2) is 56.3 Å². The van der Waals surface area contributed by atoms with Gasteiger partial charge in [-0.15, -0.1) is 0 Å². The summed E-state index contributed by atoms with van der Waals surface area (Å²) in [4.78, 5) is 17.6. The molecular formula is C38H44N2O7. The maximum absolute atomic E-state index is 12.3. The van der Waals surface area contributed by atoms with Crippen molar-refractivity contribution < 1.29 is 33.3 Å². The van der Waals surface area contributed by atoms with Crippen molar-refractivity contribution in [3.8, 4) is 0 Å². The summed E-state index contributed by atoms with van der Waals surface area (Å²) < 4.78 is 32.1. The molecule has 248 valence electrons. The third kappa shape index (κ3) is 11.3. The lowest BCUT2D eigenvalue weighted by Crippen LogP contribution is -2.45. The molecule has 5 atom stereocenters. The number of carbonyl (C=O) groups is 1. The fourth-order valence-corrected chi connectivity index (χ4v) is 5.38. The van der Waals surface area contributed by atoms with Gasteiger partial charge in [-0.05, 0) is 29.2 Å². The van der Waals surface area contributed by atoms with Crippen LogP contribution in [-0.2, 0) is 54.9 Å². The molecule has 1 unspecified atom stereocenters. The van der Waals surface area contributed by atoms with Crippen LogP contribution in [0.15, 0.2) is 121 Å². The highest BCUT2D eigenvalue weighted by molar-refractivity contribution is 5.72. The standard InChI is InChI=1S/C38H44N2O7/c1-29-35(43-23-22-39-38(41)40-46-27-33-20-12-5-13-21-33)37(45-26-32-18-10-4-11-19-32)36(47-29)34(44-25-31-16-8-3-9-17-31)28-42-24-30-14-6-2-7-15-30/h2-21,29,34-37H,22-28H2,1H3,(H2,39,40,41)/t29?,34-,35+,36+,37-/m1/s1. The van der Waals surface area contributed by atoms with Crippen molar-refractivity contribution in [3.63, 3.8) is 0 Å². The predicted molar refractivity (Wildman–Crippen MR) is 178 cm³/mol. The first kappa shape index (κ1) is 34.3. The number of hydroxylamine groups is 1. The van der Waals surface area contributed by atoms with Crippen LogP contribution in [0.25, 0.3) is 0 Å². The van der Waals surface area contributed by atoms with Crippen molar-refractivity contribution in [1.82, 2.24) is 10.8 Å². The van der Waals surface area contributed by atoms with Crippen molar-refractivity contribution in [2.75, 3.05) is 19.8 Å². The summed E-state index contributed by atoms with van der Waals surface area (Å²) in [6, 6.07) is 39.3. The summed E-state index contributed by atoms with van der Waals surface area (Å²) in [5.74, 6) is 0. The molecule has 0 radical (unpaired) electrons. The number of urea groups is 1. The maximum Gasteiger partial charge on any atom is 0.338 e. The minimum absolute atomic E-state index is 0.252. The van der Waals surface area contributed by atoms with E-state index in [9.17, 15) is 4.79 Å². The lowest BCUT2D eigenvalue weighted by atomic mass is 10.0. The summed E-state index contributed by atoms with van der Waals surface area (Å²) >= 11 is 0. The number of rotatable bonds is 18. The second-order valence-corrected chi connectivity index (χ2v) is 11.4. The molecule has 1 heterocycles. The van der Waals surface area contributed by atoms with E-state index in [1.807, 2.05) is 128 Å². The van der Waals surface area contributed by atoms with E-state index in [1.165, 1.54) is 0 Å². The van der Waals surface area contributed by atoms with Gasteiger partial charge >= 0.3 is 6.03 Å². The SMILES string of the molecule is CC1O[C@@H]([C@@H](COCc2ccccc2)OCc2ccccc2)[C@H](OCc2ccccc2)[C@H]1OCCNC(=O)NOCc1ccccc1. The number of benzene rings is 4. The molecule has 47 heavy (non-hydrogen) atoms. The third-order valence-corrected chi connectivity index (χ3v) is 7.78. The van der Waals surface area contributed by atoms with E-state index >= 15 is 0 Å². The van der Waals surface area contributed by atoms with Gasteiger partial charge in [-0.1, -0.05) is 121 Å². The molecule has 0 saturated carbocycles. The Hall–Kier alpha value is -4.09. The summed E-state index contributed by atoms with van der Waals surface area (Å²) in [7, 11) is 0. The maximum atomic E-state index is 12.3. The molecule has 0 spiro atoms. The largest absolute Gasteiger partial charge is 0.374 e. The number of carbonyl (C=O) groups excluding carboxylic acids is 1. The molecule has 9 heteroatoms. The Morgan fingerprint density at radius 3 is 1.81 bits per heavy atom. The van der Waals surface area contributed by atoms with E-state index < -0.39 is 30.4 Å². The molecule has 0 aliphatic carbocycles. The summed E-state index contributed by atoms with van der Waals surface area (Å²) in [6.45, 7) is 4.31. The zero-order chi connectivity index (χ0) is 32.5. The quantitative estimate of drug-likeness (QED) is 0.102. The zero-order valence-electron chi connectivity index (χ0n) is 26.7. The lowest BCUT2D eigenvalue weighted by molar-refractivity contribution is -0.140. The molecule has 4 aromatic carbocycles. The molecule has 1 fully saturated rings. The highest BCUT2D eigenvalue weighted by Gasteiger charge is 2.48. The average Bonchev–Trinajstić information content (AvgIpc) is 3.43. The first-order valence-electron chi connectivity index (χ1n) is 16.0. The molecule has 1 saturated heterocycles. The molecule has 9 nitrogen and oxygen atoms in total. The number of hydrogen-bond donors (Lipinski definition) is 2. The summed E-state index contributed by atoms with van der Waals surface area (Å²) in [6.07, 6.45) is -2.03. The Bertz CT molecular complexity index is 1430. The van der Waals surface area contributed by atoms with Crippen molar-refractivity contribution in [2.45, 2.75) is 63.9 Å². The average molecular weight is 641 g/mol. The first-order chi connectivity index (χ1) is 23.2. The fourth-order valence-electron chi connectivity index (χ4n) is 5.38. The van der Waals surface area contributed by atoms with Crippen LogP contribution in [0.1, 0.15) is 29.2 Å². The van der Waals surface area contributed by atoms with Gasteiger partial charge in [0, 0.05) is 6.54 Å². The van der Waals surface area contributed by atoms with Gasteiger partial charge in [0.15, 0.2) is 0 Å². The monoisotopic (exact) mass is 640 g/mol. The van der Waals surface area contributed by atoms with Crippen LogP contribution in [0.3, 0.4) is 0 Å². The molecular weight excluding hydrogens is 596 g/mol. The molecule has 1 aliphatic rings. The van der Waals surface area contributed by atoms with Crippen LogP contribution in [0.2, 0.25) is 0 Å². The Labute approximate surface area is 277 Å². The van der Waals surface area contributed by atoms with Gasteiger partial charge in [-0.3, -0.25) is 4.84 Å². The molecule has 0 bridgehead atoms. The van der Waals surface area contributed by atoms with Crippen LogP contribution < -0.4 is 10.8 Å². The molecule has 2 amide bonds. The highest BCUT2D eigenvalue weighted by Crippen LogP contribution is 2.31. The highest BCUT2D eigenvalue weighted by atomic mass is 16.7. The third-order valence-electron chi connectivity index (χ3n) is 7.78. The van der Waals surface area contributed by atoms with Gasteiger partial charge < -0.3 is 29.0 Å². The minimum Gasteiger partial charge on any atom is -0.374 e. The summed E-state index contributed by atoms with van der Waals surface area (Å²) in [5.41, 5.74) is 6.54. The van der Waals surface area contributed by atoms with Crippen LogP contribution in [0.4, 0.5) is 4.79 Å². The Morgan fingerprint density at radius 1 is 0.681 bits per heavy atom. The van der Waals surface area contributed by atoms with Crippen LogP contribution in [0.5, 0.6) is 0 Å². The Kier molecular flexibility index (Phi) is 13.8. The second-order valence-electron chi connectivity index (χ2n) is 11.4.